The maximum absolute atomic E-state index is 11.5. The van der Waals surface area contributed by atoms with Crippen LogP contribution in [0.4, 0.5) is 0 Å². The van der Waals surface area contributed by atoms with Gasteiger partial charge < -0.3 is 9.47 Å². The van der Waals surface area contributed by atoms with Gasteiger partial charge in [-0.25, -0.2) is 9.78 Å². The Morgan fingerprint density at radius 2 is 2.12 bits per heavy atom. The Balaban J connectivity index is 2.89. The number of rotatable bonds is 6. The lowest BCUT2D eigenvalue weighted by Crippen LogP contribution is -2.25. The molecule has 0 bridgehead atoms. The van der Waals surface area contributed by atoms with Crippen molar-refractivity contribution in [1.82, 2.24) is 4.98 Å². The summed E-state index contributed by atoms with van der Waals surface area (Å²) in [6.07, 6.45) is 0.816. The minimum Gasteiger partial charge on any atom is -0.461 e. The zero-order valence-corrected chi connectivity index (χ0v) is 11.6. The SMILES string of the molecule is CCOC(=O)c1csc(C(C)(CC)OCC)n1. The Morgan fingerprint density at radius 1 is 1.41 bits per heavy atom. The number of thiazole rings is 1. The lowest BCUT2D eigenvalue weighted by atomic mass is 10.0. The van der Waals surface area contributed by atoms with Crippen LogP contribution in [-0.2, 0) is 15.1 Å². The van der Waals surface area contributed by atoms with E-state index in [9.17, 15) is 4.79 Å². The van der Waals surface area contributed by atoms with Gasteiger partial charge in [-0.3, -0.25) is 0 Å². The number of esters is 1. The highest BCUT2D eigenvalue weighted by Gasteiger charge is 2.29. The first-order valence-electron chi connectivity index (χ1n) is 5.84. The van der Waals surface area contributed by atoms with Crippen LogP contribution in [0.15, 0.2) is 5.38 Å². The van der Waals surface area contributed by atoms with Gasteiger partial charge in [0.25, 0.3) is 0 Å². The first-order valence-corrected chi connectivity index (χ1v) is 6.72. The number of carbonyl (C=O) groups is 1. The molecule has 1 aromatic rings. The highest BCUT2D eigenvalue weighted by Crippen LogP contribution is 2.31. The number of aromatic nitrogens is 1. The summed E-state index contributed by atoms with van der Waals surface area (Å²) in [6.45, 7) is 8.75. The lowest BCUT2D eigenvalue weighted by molar-refractivity contribution is -0.0325. The number of ether oxygens (including phenoxy) is 2. The van der Waals surface area contributed by atoms with Crippen LogP contribution in [0.3, 0.4) is 0 Å². The van der Waals surface area contributed by atoms with Gasteiger partial charge in [-0.05, 0) is 27.2 Å². The van der Waals surface area contributed by atoms with E-state index in [1.54, 1.807) is 12.3 Å². The molecule has 0 saturated carbocycles. The monoisotopic (exact) mass is 257 g/mol. The van der Waals surface area contributed by atoms with Crippen molar-refractivity contribution in [3.05, 3.63) is 16.1 Å². The molecule has 1 aromatic heterocycles. The maximum atomic E-state index is 11.5. The molecule has 1 heterocycles. The van der Waals surface area contributed by atoms with Gasteiger partial charge in [0.2, 0.25) is 0 Å². The number of hydrogen-bond acceptors (Lipinski definition) is 5. The summed E-state index contributed by atoms with van der Waals surface area (Å²) < 4.78 is 10.6. The predicted molar refractivity (Wildman–Crippen MR) is 67.3 cm³/mol. The van der Waals surface area contributed by atoms with E-state index in [2.05, 4.69) is 4.98 Å². The van der Waals surface area contributed by atoms with Gasteiger partial charge in [-0.1, -0.05) is 6.92 Å². The normalized spacial score (nSPS) is 14.4. The van der Waals surface area contributed by atoms with Crippen molar-refractivity contribution in [2.24, 2.45) is 0 Å². The van der Waals surface area contributed by atoms with E-state index in [4.69, 9.17) is 9.47 Å². The van der Waals surface area contributed by atoms with Crippen molar-refractivity contribution in [3.63, 3.8) is 0 Å². The van der Waals surface area contributed by atoms with E-state index in [1.807, 2.05) is 20.8 Å². The van der Waals surface area contributed by atoms with E-state index < -0.39 is 5.60 Å². The molecule has 17 heavy (non-hydrogen) atoms. The minimum atomic E-state index is -0.413. The average molecular weight is 257 g/mol. The molecule has 0 amide bonds. The van der Waals surface area contributed by atoms with E-state index in [-0.39, 0.29) is 5.97 Å². The van der Waals surface area contributed by atoms with Crippen LogP contribution in [0.2, 0.25) is 0 Å². The summed E-state index contributed by atoms with van der Waals surface area (Å²) in [4.78, 5) is 15.8. The summed E-state index contributed by atoms with van der Waals surface area (Å²) in [5.74, 6) is -0.370. The van der Waals surface area contributed by atoms with E-state index in [0.29, 0.717) is 18.9 Å². The van der Waals surface area contributed by atoms with Gasteiger partial charge in [0.1, 0.15) is 10.6 Å². The van der Waals surface area contributed by atoms with Crippen molar-refractivity contribution >= 4 is 17.3 Å². The minimum absolute atomic E-state index is 0.363. The molecule has 5 heteroatoms. The van der Waals surface area contributed by atoms with Gasteiger partial charge in [0.05, 0.1) is 6.61 Å². The van der Waals surface area contributed by atoms with Gasteiger partial charge in [0, 0.05) is 12.0 Å². The molecule has 0 spiro atoms. The Morgan fingerprint density at radius 3 is 2.65 bits per heavy atom. The highest BCUT2D eigenvalue weighted by molar-refractivity contribution is 7.10. The quantitative estimate of drug-likeness (QED) is 0.735. The van der Waals surface area contributed by atoms with Crippen molar-refractivity contribution < 1.29 is 14.3 Å². The summed E-state index contributed by atoms with van der Waals surface area (Å²) in [5, 5.41) is 2.55. The Bertz CT molecular complexity index is 378. The third-order valence-electron chi connectivity index (χ3n) is 2.58. The molecule has 0 fully saturated rings. The molecule has 0 N–H and O–H groups in total. The number of hydrogen-bond donors (Lipinski definition) is 0. The topological polar surface area (TPSA) is 48.4 Å². The first kappa shape index (κ1) is 14.1. The largest absolute Gasteiger partial charge is 0.461 e. The Hall–Kier alpha value is -0.940. The third-order valence-corrected chi connectivity index (χ3v) is 3.67. The summed E-state index contributed by atoms with van der Waals surface area (Å²) in [6, 6.07) is 0. The Labute approximate surface area is 106 Å². The molecule has 0 aliphatic rings. The second kappa shape index (κ2) is 6.12. The molecule has 1 unspecified atom stereocenters. The molecule has 4 nitrogen and oxygen atoms in total. The van der Waals surface area contributed by atoms with Gasteiger partial charge in [0.15, 0.2) is 5.69 Å². The molecule has 0 aromatic carbocycles. The fourth-order valence-corrected chi connectivity index (χ4v) is 2.42. The van der Waals surface area contributed by atoms with Crippen LogP contribution >= 0.6 is 11.3 Å². The zero-order chi connectivity index (χ0) is 12.9. The Kier molecular flexibility index (Phi) is 5.08. The molecule has 96 valence electrons. The summed E-state index contributed by atoms with van der Waals surface area (Å²) >= 11 is 1.44. The van der Waals surface area contributed by atoms with Crippen LogP contribution in [-0.4, -0.2) is 24.2 Å². The van der Waals surface area contributed by atoms with Crippen LogP contribution in [0.25, 0.3) is 0 Å². The number of carbonyl (C=O) groups excluding carboxylic acids is 1. The van der Waals surface area contributed by atoms with Crippen molar-refractivity contribution in [2.75, 3.05) is 13.2 Å². The number of nitrogens with zero attached hydrogens (tertiary/aromatic N) is 1. The van der Waals surface area contributed by atoms with Crippen LogP contribution < -0.4 is 0 Å². The van der Waals surface area contributed by atoms with Crippen molar-refractivity contribution in [3.8, 4) is 0 Å². The van der Waals surface area contributed by atoms with Crippen LogP contribution in [0.5, 0.6) is 0 Å². The molecule has 0 radical (unpaired) electrons. The van der Waals surface area contributed by atoms with Gasteiger partial charge in [-0.2, -0.15) is 0 Å². The second-order valence-electron chi connectivity index (χ2n) is 3.78. The highest BCUT2D eigenvalue weighted by atomic mass is 32.1. The predicted octanol–water partition coefficient (Wildman–Crippen LogP) is 2.98. The smallest absolute Gasteiger partial charge is 0.357 e. The van der Waals surface area contributed by atoms with Crippen molar-refractivity contribution in [2.45, 2.75) is 39.7 Å². The standard InChI is InChI=1S/C12H19NO3S/c1-5-12(4,16-7-3)11-13-9(8-17-11)10(14)15-6-2/h8H,5-7H2,1-4H3. The fourth-order valence-electron chi connectivity index (χ4n) is 1.45. The molecule has 1 atom stereocenters. The lowest BCUT2D eigenvalue weighted by Gasteiger charge is -2.25. The summed E-state index contributed by atoms with van der Waals surface area (Å²) in [5.41, 5.74) is -0.0457. The first-order chi connectivity index (χ1) is 8.07. The van der Waals surface area contributed by atoms with Gasteiger partial charge >= 0.3 is 5.97 Å². The molecule has 0 aliphatic carbocycles. The summed E-state index contributed by atoms with van der Waals surface area (Å²) in [7, 11) is 0. The van der Waals surface area contributed by atoms with E-state index in [1.165, 1.54) is 11.3 Å². The molecular weight excluding hydrogens is 238 g/mol. The third kappa shape index (κ3) is 3.26. The molecule has 0 saturated heterocycles. The van der Waals surface area contributed by atoms with Crippen LogP contribution in [0.1, 0.15) is 49.6 Å². The van der Waals surface area contributed by atoms with E-state index >= 15 is 0 Å². The van der Waals surface area contributed by atoms with Crippen molar-refractivity contribution in [1.29, 1.82) is 0 Å². The maximum Gasteiger partial charge on any atom is 0.357 e. The van der Waals surface area contributed by atoms with E-state index in [0.717, 1.165) is 11.4 Å². The zero-order valence-electron chi connectivity index (χ0n) is 10.8. The fraction of sp³-hybridized carbons (Fsp3) is 0.667. The van der Waals surface area contributed by atoms with Crippen LogP contribution in [0, 0.1) is 0 Å². The second-order valence-corrected chi connectivity index (χ2v) is 4.63. The molecule has 1 rings (SSSR count). The molecular formula is C12H19NO3S. The van der Waals surface area contributed by atoms with Gasteiger partial charge in [-0.15, -0.1) is 11.3 Å². The molecule has 0 aliphatic heterocycles. The average Bonchev–Trinajstić information content (AvgIpc) is 2.79.